The van der Waals surface area contributed by atoms with Crippen LogP contribution in [-0.2, 0) is 0 Å². The number of hydrogen-bond acceptors (Lipinski definition) is 3. The van der Waals surface area contributed by atoms with Crippen molar-refractivity contribution < 1.29 is 14.2 Å². The molecular weight excluding hydrogens is 233 g/mol. The number of hydrogen-bond donors (Lipinski definition) is 1. The molecule has 94 valence electrons. The Morgan fingerprint density at radius 2 is 2.06 bits per heavy atom. The first kappa shape index (κ1) is 12.5. The van der Waals surface area contributed by atoms with E-state index in [-0.39, 0.29) is 0 Å². The fourth-order valence-electron chi connectivity index (χ4n) is 1.58. The molecule has 1 N–H and O–H groups in total. The van der Waals surface area contributed by atoms with Crippen LogP contribution in [0.3, 0.4) is 0 Å². The van der Waals surface area contributed by atoms with E-state index in [4.69, 9.17) is 4.74 Å². The maximum atomic E-state index is 13.1. The van der Waals surface area contributed by atoms with Crippen molar-refractivity contribution in [1.29, 1.82) is 0 Å². The molecule has 0 saturated carbocycles. The lowest BCUT2D eigenvalue weighted by Gasteiger charge is -2.13. The van der Waals surface area contributed by atoms with Crippen LogP contribution < -0.4 is 4.74 Å². The molecule has 0 fully saturated rings. The molecule has 0 radical (unpaired) electrons. The van der Waals surface area contributed by atoms with Gasteiger partial charge < -0.3 is 9.84 Å². The summed E-state index contributed by atoms with van der Waals surface area (Å²) in [6.45, 7) is 3.44. The van der Waals surface area contributed by atoms with E-state index in [9.17, 15) is 9.50 Å². The molecule has 1 atom stereocenters. The second-order valence-corrected chi connectivity index (χ2v) is 4.10. The summed E-state index contributed by atoms with van der Waals surface area (Å²) in [6.07, 6.45) is 0.791. The van der Waals surface area contributed by atoms with Crippen molar-refractivity contribution in [2.24, 2.45) is 0 Å². The first-order chi connectivity index (χ1) is 8.56. The molecule has 2 aromatic rings. The van der Waals surface area contributed by atoms with Crippen LogP contribution in [0.15, 0.2) is 36.5 Å². The van der Waals surface area contributed by atoms with E-state index < -0.39 is 11.9 Å². The molecule has 18 heavy (non-hydrogen) atoms. The van der Waals surface area contributed by atoms with Gasteiger partial charge in [0.2, 0.25) is 0 Å². The third-order valence-electron chi connectivity index (χ3n) is 2.53. The van der Waals surface area contributed by atoms with E-state index in [0.29, 0.717) is 17.1 Å². The van der Waals surface area contributed by atoms with Gasteiger partial charge in [0.15, 0.2) is 0 Å². The highest BCUT2D eigenvalue weighted by atomic mass is 19.1. The van der Waals surface area contributed by atoms with Gasteiger partial charge in [0, 0.05) is 11.3 Å². The Morgan fingerprint density at radius 1 is 1.28 bits per heavy atom. The number of aromatic nitrogens is 1. The van der Waals surface area contributed by atoms with E-state index in [2.05, 4.69) is 4.98 Å². The summed E-state index contributed by atoms with van der Waals surface area (Å²) >= 11 is 0. The minimum absolute atomic E-state index is 0.403. The Kier molecular flexibility index (Phi) is 3.58. The molecule has 0 aliphatic rings. The van der Waals surface area contributed by atoms with Gasteiger partial charge in [-0.15, -0.1) is 0 Å². The number of ether oxygens (including phenoxy) is 1. The average molecular weight is 247 g/mol. The van der Waals surface area contributed by atoms with Gasteiger partial charge >= 0.3 is 0 Å². The van der Waals surface area contributed by atoms with Gasteiger partial charge in [0.05, 0.1) is 12.3 Å². The molecule has 1 aromatic heterocycles. The van der Waals surface area contributed by atoms with Crippen molar-refractivity contribution in [3.8, 4) is 11.5 Å². The van der Waals surface area contributed by atoms with Gasteiger partial charge in [-0.05, 0) is 44.2 Å². The van der Waals surface area contributed by atoms with Crippen molar-refractivity contribution in [1.82, 2.24) is 4.98 Å². The van der Waals surface area contributed by atoms with Gasteiger partial charge in [-0.1, -0.05) is 0 Å². The van der Waals surface area contributed by atoms with E-state index in [1.54, 1.807) is 19.2 Å². The maximum absolute atomic E-state index is 13.1. The highest BCUT2D eigenvalue weighted by Gasteiger charge is 2.11. The second-order valence-electron chi connectivity index (χ2n) is 4.10. The number of halogens is 1. The quantitative estimate of drug-likeness (QED) is 0.904. The number of aliphatic hydroxyl groups excluding tert-OH is 1. The lowest BCUT2D eigenvalue weighted by molar-refractivity contribution is 0.195. The van der Waals surface area contributed by atoms with Crippen LogP contribution in [-0.4, -0.2) is 10.1 Å². The summed E-state index contributed by atoms with van der Waals surface area (Å²) in [4.78, 5) is 4.11. The Morgan fingerprint density at radius 3 is 2.67 bits per heavy atom. The summed E-state index contributed by atoms with van der Waals surface area (Å²) in [6, 6.07) is 7.65. The molecule has 1 unspecified atom stereocenters. The van der Waals surface area contributed by atoms with Gasteiger partial charge in [0.25, 0.3) is 0 Å². The van der Waals surface area contributed by atoms with E-state index in [1.807, 2.05) is 13.0 Å². The second kappa shape index (κ2) is 5.14. The van der Waals surface area contributed by atoms with Crippen molar-refractivity contribution >= 4 is 0 Å². The van der Waals surface area contributed by atoms with Gasteiger partial charge in [-0.25, -0.2) is 4.39 Å². The molecule has 0 aliphatic heterocycles. The average Bonchev–Trinajstić information content (AvgIpc) is 2.34. The summed E-state index contributed by atoms with van der Waals surface area (Å²) in [5, 5.41) is 9.59. The largest absolute Gasteiger partial charge is 0.455 e. The SMILES string of the molecule is Cc1ccc(Oc2ccc(F)cc2C(C)O)cn1. The Balaban J connectivity index is 2.31. The first-order valence-electron chi connectivity index (χ1n) is 5.64. The highest BCUT2D eigenvalue weighted by Crippen LogP contribution is 2.29. The standard InChI is InChI=1S/C14H14FNO2/c1-9-3-5-12(8-16-9)18-14-6-4-11(15)7-13(14)10(2)17/h3-8,10,17H,1-2H3. The fourth-order valence-corrected chi connectivity index (χ4v) is 1.58. The van der Waals surface area contributed by atoms with E-state index in [0.717, 1.165) is 5.69 Å². The molecule has 3 nitrogen and oxygen atoms in total. The molecule has 4 heteroatoms. The van der Waals surface area contributed by atoms with Crippen molar-refractivity contribution in [2.45, 2.75) is 20.0 Å². The Hall–Kier alpha value is -1.94. The van der Waals surface area contributed by atoms with E-state index in [1.165, 1.54) is 18.2 Å². The zero-order valence-electron chi connectivity index (χ0n) is 10.2. The molecule has 0 spiro atoms. The van der Waals surface area contributed by atoms with Gasteiger partial charge in [0.1, 0.15) is 17.3 Å². The third-order valence-corrected chi connectivity index (χ3v) is 2.53. The van der Waals surface area contributed by atoms with Gasteiger partial charge in [-0.3, -0.25) is 4.98 Å². The predicted molar refractivity (Wildman–Crippen MR) is 66.1 cm³/mol. The van der Waals surface area contributed by atoms with Crippen LogP contribution >= 0.6 is 0 Å². The smallest absolute Gasteiger partial charge is 0.145 e. The van der Waals surface area contributed by atoms with Crippen LogP contribution in [0.4, 0.5) is 4.39 Å². The third kappa shape index (κ3) is 2.84. The van der Waals surface area contributed by atoms with E-state index >= 15 is 0 Å². The lowest BCUT2D eigenvalue weighted by Crippen LogP contribution is -1.97. The Labute approximate surface area is 105 Å². The minimum Gasteiger partial charge on any atom is -0.455 e. The number of benzene rings is 1. The molecule has 0 bridgehead atoms. The molecule has 0 saturated heterocycles. The summed E-state index contributed by atoms with van der Waals surface area (Å²) < 4.78 is 18.7. The number of nitrogens with zero attached hydrogens (tertiary/aromatic N) is 1. The monoisotopic (exact) mass is 247 g/mol. The normalized spacial score (nSPS) is 12.2. The number of aryl methyl sites for hydroxylation is 1. The molecule has 1 heterocycles. The van der Waals surface area contributed by atoms with Gasteiger partial charge in [-0.2, -0.15) is 0 Å². The van der Waals surface area contributed by atoms with Crippen molar-refractivity contribution in [2.75, 3.05) is 0 Å². The summed E-state index contributed by atoms with van der Waals surface area (Å²) in [5.41, 5.74) is 1.30. The first-order valence-corrected chi connectivity index (χ1v) is 5.64. The molecule has 0 amide bonds. The molecular formula is C14H14FNO2. The van der Waals surface area contributed by atoms with Crippen LogP contribution in [0.5, 0.6) is 11.5 Å². The zero-order chi connectivity index (χ0) is 13.1. The van der Waals surface area contributed by atoms with Crippen LogP contribution in [0.25, 0.3) is 0 Å². The van der Waals surface area contributed by atoms with Crippen molar-refractivity contribution in [3.63, 3.8) is 0 Å². The van der Waals surface area contributed by atoms with Crippen molar-refractivity contribution in [3.05, 3.63) is 53.6 Å². The molecule has 1 aromatic carbocycles. The minimum atomic E-state index is -0.797. The molecule has 2 rings (SSSR count). The molecule has 0 aliphatic carbocycles. The maximum Gasteiger partial charge on any atom is 0.145 e. The number of rotatable bonds is 3. The fraction of sp³-hybridized carbons (Fsp3) is 0.214. The van der Waals surface area contributed by atoms with Crippen LogP contribution in [0, 0.1) is 12.7 Å². The van der Waals surface area contributed by atoms with Crippen LogP contribution in [0.1, 0.15) is 24.3 Å². The lowest BCUT2D eigenvalue weighted by atomic mass is 10.1. The summed E-state index contributed by atoms with van der Waals surface area (Å²) in [7, 11) is 0. The number of aliphatic hydroxyl groups is 1. The Bertz CT molecular complexity index is 538. The number of pyridine rings is 1. The zero-order valence-corrected chi connectivity index (χ0v) is 10.2. The highest BCUT2D eigenvalue weighted by molar-refractivity contribution is 5.38. The summed E-state index contributed by atoms with van der Waals surface area (Å²) in [5.74, 6) is 0.575. The predicted octanol–water partition coefficient (Wildman–Crippen LogP) is 3.37. The topological polar surface area (TPSA) is 42.4 Å². The van der Waals surface area contributed by atoms with Crippen LogP contribution in [0.2, 0.25) is 0 Å².